The molecule has 0 aliphatic heterocycles. The number of aromatic nitrogens is 2. The summed E-state index contributed by atoms with van der Waals surface area (Å²) in [5.74, 6) is 1.58. The Balaban J connectivity index is 2.57. The molecule has 0 bridgehead atoms. The third-order valence-electron chi connectivity index (χ3n) is 3.18. The van der Waals surface area contributed by atoms with Crippen molar-refractivity contribution in [3.05, 3.63) is 40.8 Å². The molecular weight excluding hydrogens is 284 g/mol. The van der Waals surface area contributed by atoms with E-state index >= 15 is 0 Å². The summed E-state index contributed by atoms with van der Waals surface area (Å²) in [5.41, 5.74) is 2.59. The third-order valence-corrected chi connectivity index (χ3v) is 3.54. The minimum Gasteiger partial charge on any atom is -0.494 e. The standard InChI is InChI=1S/C17H21ClN2O/c1-6-21-13-9-7-8-12(10-13)14-11(2)15(18)20-16(19-14)17(3,4)5/h7-10H,6H2,1-5H3. The van der Waals surface area contributed by atoms with Crippen molar-refractivity contribution in [1.82, 2.24) is 9.97 Å². The SMILES string of the molecule is CCOc1cccc(-c2nc(C(C)(C)C)nc(Cl)c2C)c1. The van der Waals surface area contributed by atoms with Crippen molar-refractivity contribution in [1.29, 1.82) is 0 Å². The lowest BCUT2D eigenvalue weighted by molar-refractivity contribution is 0.340. The number of rotatable bonds is 3. The largest absolute Gasteiger partial charge is 0.494 e. The van der Waals surface area contributed by atoms with E-state index in [2.05, 4.69) is 25.8 Å². The average molecular weight is 305 g/mol. The van der Waals surface area contributed by atoms with Gasteiger partial charge < -0.3 is 4.74 Å². The number of benzene rings is 1. The van der Waals surface area contributed by atoms with Crippen LogP contribution in [0.5, 0.6) is 5.75 Å². The van der Waals surface area contributed by atoms with Gasteiger partial charge >= 0.3 is 0 Å². The molecule has 0 spiro atoms. The van der Waals surface area contributed by atoms with Crippen molar-refractivity contribution >= 4 is 11.6 Å². The van der Waals surface area contributed by atoms with Crippen molar-refractivity contribution in [2.75, 3.05) is 6.61 Å². The van der Waals surface area contributed by atoms with Gasteiger partial charge in [0.15, 0.2) is 0 Å². The molecule has 1 aromatic carbocycles. The van der Waals surface area contributed by atoms with Gasteiger partial charge in [0, 0.05) is 16.5 Å². The lowest BCUT2D eigenvalue weighted by Crippen LogP contribution is -2.17. The first kappa shape index (κ1) is 15.8. The molecule has 0 radical (unpaired) electrons. The molecule has 2 aromatic rings. The fraction of sp³-hybridized carbons (Fsp3) is 0.412. The van der Waals surface area contributed by atoms with Crippen LogP contribution in [0.15, 0.2) is 24.3 Å². The lowest BCUT2D eigenvalue weighted by Gasteiger charge is -2.19. The van der Waals surface area contributed by atoms with Crippen LogP contribution in [-0.4, -0.2) is 16.6 Å². The van der Waals surface area contributed by atoms with Gasteiger partial charge in [-0.25, -0.2) is 9.97 Å². The maximum atomic E-state index is 6.29. The Morgan fingerprint density at radius 1 is 1.19 bits per heavy atom. The zero-order valence-electron chi connectivity index (χ0n) is 13.2. The van der Waals surface area contributed by atoms with Gasteiger partial charge in [-0.1, -0.05) is 44.5 Å². The Kier molecular flexibility index (Phi) is 4.52. The fourth-order valence-corrected chi connectivity index (χ4v) is 2.18. The number of ether oxygens (including phenoxy) is 1. The highest BCUT2D eigenvalue weighted by atomic mass is 35.5. The molecule has 0 N–H and O–H groups in total. The molecule has 1 aromatic heterocycles. The number of hydrogen-bond donors (Lipinski definition) is 0. The molecule has 0 unspecified atom stereocenters. The van der Waals surface area contributed by atoms with E-state index < -0.39 is 0 Å². The highest BCUT2D eigenvalue weighted by molar-refractivity contribution is 6.30. The molecule has 0 fully saturated rings. The molecule has 0 aliphatic carbocycles. The molecule has 0 saturated heterocycles. The first-order chi connectivity index (χ1) is 9.82. The first-order valence-electron chi connectivity index (χ1n) is 7.10. The van der Waals surface area contributed by atoms with Gasteiger partial charge in [-0.3, -0.25) is 0 Å². The Morgan fingerprint density at radius 3 is 2.52 bits per heavy atom. The summed E-state index contributed by atoms with van der Waals surface area (Å²) in [6.45, 7) is 10.8. The zero-order chi connectivity index (χ0) is 15.6. The van der Waals surface area contributed by atoms with Crippen molar-refractivity contribution in [3.8, 4) is 17.0 Å². The van der Waals surface area contributed by atoms with Gasteiger partial charge in [0.2, 0.25) is 0 Å². The Hall–Kier alpha value is -1.61. The minimum absolute atomic E-state index is 0.149. The van der Waals surface area contributed by atoms with E-state index in [1.165, 1.54) is 0 Å². The van der Waals surface area contributed by atoms with Crippen molar-refractivity contribution < 1.29 is 4.74 Å². The number of hydrogen-bond acceptors (Lipinski definition) is 3. The molecule has 0 saturated carbocycles. The monoisotopic (exact) mass is 304 g/mol. The second-order valence-electron chi connectivity index (χ2n) is 6.02. The minimum atomic E-state index is -0.149. The molecule has 112 valence electrons. The third kappa shape index (κ3) is 3.53. The zero-order valence-corrected chi connectivity index (χ0v) is 14.0. The van der Waals surface area contributed by atoms with Gasteiger partial charge in [0.25, 0.3) is 0 Å². The molecule has 0 amide bonds. The predicted molar refractivity (Wildman–Crippen MR) is 87.1 cm³/mol. The van der Waals surface area contributed by atoms with E-state index in [9.17, 15) is 0 Å². The summed E-state index contributed by atoms with van der Waals surface area (Å²) in [7, 11) is 0. The highest BCUT2D eigenvalue weighted by Crippen LogP contribution is 2.31. The van der Waals surface area contributed by atoms with E-state index in [4.69, 9.17) is 21.3 Å². The molecule has 4 heteroatoms. The Morgan fingerprint density at radius 2 is 1.90 bits per heavy atom. The summed E-state index contributed by atoms with van der Waals surface area (Å²) in [6.07, 6.45) is 0. The maximum Gasteiger partial charge on any atom is 0.136 e. The average Bonchev–Trinajstić information content (AvgIpc) is 2.41. The predicted octanol–water partition coefficient (Wildman–Crippen LogP) is 4.80. The van der Waals surface area contributed by atoms with E-state index in [-0.39, 0.29) is 5.41 Å². The van der Waals surface area contributed by atoms with Crippen LogP contribution < -0.4 is 4.74 Å². The van der Waals surface area contributed by atoms with Crippen LogP contribution in [-0.2, 0) is 5.41 Å². The number of nitrogens with zero attached hydrogens (tertiary/aromatic N) is 2. The van der Waals surface area contributed by atoms with E-state index in [1.807, 2.05) is 38.1 Å². The van der Waals surface area contributed by atoms with Crippen molar-refractivity contribution in [2.24, 2.45) is 0 Å². The summed E-state index contributed by atoms with van der Waals surface area (Å²) in [6, 6.07) is 7.91. The first-order valence-corrected chi connectivity index (χ1v) is 7.48. The van der Waals surface area contributed by atoms with Crippen LogP contribution >= 0.6 is 11.6 Å². The van der Waals surface area contributed by atoms with Gasteiger partial charge in [-0.15, -0.1) is 0 Å². The quantitative estimate of drug-likeness (QED) is 0.764. The summed E-state index contributed by atoms with van der Waals surface area (Å²) in [4.78, 5) is 9.14. The van der Waals surface area contributed by atoms with E-state index in [0.29, 0.717) is 11.8 Å². The van der Waals surface area contributed by atoms with Gasteiger partial charge in [-0.05, 0) is 26.0 Å². The van der Waals surface area contributed by atoms with Crippen LogP contribution in [0, 0.1) is 6.92 Å². The van der Waals surface area contributed by atoms with E-state index in [1.54, 1.807) is 0 Å². The Bertz CT molecular complexity index is 648. The molecule has 1 heterocycles. The van der Waals surface area contributed by atoms with Crippen LogP contribution in [0.4, 0.5) is 0 Å². The normalized spacial score (nSPS) is 11.5. The van der Waals surface area contributed by atoms with Gasteiger partial charge in [-0.2, -0.15) is 0 Å². The molecule has 21 heavy (non-hydrogen) atoms. The van der Waals surface area contributed by atoms with Crippen LogP contribution in [0.2, 0.25) is 5.15 Å². The Labute approximate surface area is 131 Å². The summed E-state index contributed by atoms with van der Waals surface area (Å²) < 4.78 is 5.56. The van der Waals surface area contributed by atoms with Crippen molar-refractivity contribution in [2.45, 2.75) is 40.0 Å². The van der Waals surface area contributed by atoms with Crippen LogP contribution in [0.1, 0.15) is 39.1 Å². The van der Waals surface area contributed by atoms with Crippen molar-refractivity contribution in [3.63, 3.8) is 0 Å². The molecule has 3 nitrogen and oxygen atoms in total. The second kappa shape index (κ2) is 6.02. The van der Waals surface area contributed by atoms with Gasteiger partial charge in [0.05, 0.1) is 12.3 Å². The number of halogens is 1. The topological polar surface area (TPSA) is 35.0 Å². The lowest BCUT2D eigenvalue weighted by atomic mass is 9.95. The smallest absolute Gasteiger partial charge is 0.136 e. The molecular formula is C17H21ClN2O. The molecule has 0 aliphatic rings. The summed E-state index contributed by atoms with van der Waals surface area (Å²) >= 11 is 6.29. The second-order valence-corrected chi connectivity index (χ2v) is 6.38. The van der Waals surface area contributed by atoms with Crippen LogP contribution in [0.25, 0.3) is 11.3 Å². The molecule has 2 rings (SSSR count). The summed E-state index contributed by atoms with van der Waals surface area (Å²) in [5, 5.41) is 0.506. The van der Waals surface area contributed by atoms with E-state index in [0.717, 1.165) is 28.4 Å². The fourth-order valence-electron chi connectivity index (χ4n) is 2.01. The maximum absolute atomic E-state index is 6.29. The highest BCUT2D eigenvalue weighted by Gasteiger charge is 2.21. The van der Waals surface area contributed by atoms with Crippen LogP contribution in [0.3, 0.4) is 0 Å². The molecule has 0 atom stereocenters. The van der Waals surface area contributed by atoms with Gasteiger partial charge in [0.1, 0.15) is 16.7 Å².